The monoisotopic (exact) mass is 334 g/mol. The van der Waals surface area contributed by atoms with E-state index in [9.17, 15) is 4.79 Å². The van der Waals surface area contributed by atoms with E-state index in [2.05, 4.69) is 29.7 Å². The van der Waals surface area contributed by atoms with Gasteiger partial charge in [0.15, 0.2) is 0 Å². The largest absolute Gasteiger partial charge is 0.494 e. The van der Waals surface area contributed by atoms with Crippen LogP contribution >= 0.6 is 0 Å². The standard InChI is InChI=1S/C19H30N2O3/c1-3-4-15-24-17-7-5-16(6-8-17)9-12-21-18(22)19(23-2)10-13-20-14-11-19/h5-8,20H,3-4,9-15H2,1-2H3,(H,21,22). The van der Waals surface area contributed by atoms with Crippen LogP contribution in [0.5, 0.6) is 5.75 Å². The summed E-state index contributed by atoms with van der Waals surface area (Å²) >= 11 is 0. The molecular formula is C19H30N2O3. The Morgan fingerprint density at radius 2 is 1.96 bits per heavy atom. The molecule has 0 unspecified atom stereocenters. The van der Waals surface area contributed by atoms with E-state index < -0.39 is 5.60 Å². The topological polar surface area (TPSA) is 59.6 Å². The zero-order valence-electron chi connectivity index (χ0n) is 14.9. The van der Waals surface area contributed by atoms with E-state index in [0.717, 1.165) is 57.6 Å². The van der Waals surface area contributed by atoms with Crippen LogP contribution in [0.3, 0.4) is 0 Å². The second-order valence-corrected chi connectivity index (χ2v) is 6.30. The average Bonchev–Trinajstić information content (AvgIpc) is 2.63. The molecule has 2 N–H and O–H groups in total. The number of rotatable bonds is 9. The number of amides is 1. The van der Waals surface area contributed by atoms with E-state index in [0.29, 0.717) is 6.54 Å². The highest BCUT2D eigenvalue weighted by atomic mass is 16.5. The van der Waals surface area contributed by atoms with Gasteiger partial charge in [0, 0.05) is 13.7 Å². The minimum absolute atomic E-state index is 0.00557. The second-order valence-electron chi connectivity index (χ2n) is 6.30. The van der Waals surface area contributed by atoms with E-state index in [1.807, 2.05) is 12.1 Å². The summed E-state index contributed by atoms with van der Waals surface area (Å²) in [5.74, 6) is 0.912. The number of hydrogen-bond donors (Lipinski definition) is 2. The average molecular weight is 334 g/mol. The van der Waals surface area contributed by atoms with Crippen LogP contribution < -0.4 is 15.4 Å². The summed E-state index contributed by atoms with van der Waals surface area (Å²) in [5.41, 5.74) is 0.525. The summed E-state index contributed by atoms with van der Waals surface area (Å²) in [6.45, 7) is 5.17. The maximum Gasteiger partial charge on any atom is 0.252 e. The summed E-state index contributed by atoms with van der Waals surface area (Å²) in [7, 11) is 1.63. The number of carbonyl (C=O) groups excluding carboxylic acids is 1. The summed E-state index contributed by atoms with van der Waals surface area (Å²) < 4.78 is 11.2. The highest BCUT2D eigenvalue weighted by Crippen LogP contribution is 2.22. The molecule has 1 aliphatic heterocycles. The highest BCUT2D eigenvalue weighted by molar-refractivity contribution is 5.85. The van der Waals surface area contributed by atoms with Crippen LogP contribution in [0.4, 0.5) is 0 Å². The Balaban J connectivity index is 1.75. The SMILES string of the molecule is CCCCOc1ccc(CCNC(=O)C2(OC)CCNCC2)cc1. The molecule has 1 aromatic carbocycles. The Hall–Kier alpha value is -1.59. The molecule has 1 aromatic rings. The normalized spacial score (nSPS) is 16.6. The van der Waals surface area contributed by atoms with Gasteiger partial charge in [-0.05, 0) is 56.5 Å². The van der Waals surface area contributed by atoms with Gasteiger partial charge in [-0.1, -0.05) is 25.5 Å². The Bertz CT molecular complexity index is 496. The first-order chi connectivity index (χ1) is 11.7. The molecule has 0 spiro atoms. The van der Waals surface area contributed by atoms with Gasteiger partial charge in [-0.15, -0.1) is 0 Å². The van der Waals surface area contributed by atoms with Gasteiger partial charge in [0.1, 0.15) is 11.4 Å². The lowest BCUT2D eigenvalue weighted by atomic mass is 9.91. The summed E-state index contributed by atoms with van der Waals surface area (Å²) in [6.07, 6.45) is 4.46. The molecule has 134 valence electrons. The number of benzene rings is 1. The molecule has 5 heteroatoms. The molecule has 5 nitrogen and oxygen atoms in total. The zero-order chi connectivity index (χ0) is 17.3. The van der Waals surface area contributed by atoms with Gasteiger partial charge in [-0.25, -0.2) is 0 Å². The zero-order valence-corrected chi connectivity index (χ0v) is 14.9. The van der Waals surface area contributed by atoms with Crippen molar-refractivity contribution in [3.05, 3.63) is 29.8 Å². The fraction of sp³-hybridized carbons (Fsp3) is 0.632. The first kappa shape index (κ1) is 18.7. The summed E-state index contributed by atoms with van der Waals surface area (Å²) in [6, 6.07) is 8.11. The fourth-order valence-corrected chi connectivity index (χ4v) is 2.92. The van der Waals surface area contributed by atoms with Crippen LogP contribution in [-0.4, -0.2) is 44.9 Å². The molecule has 0 saturated carbocycles. The van der Waals surface area contributed by atoms with E-state index in [-0.39, 0.29) is 5.91 Å². The third-order valence-electron chi connectivity index (χ3n) is 4.60. The Kier molecular flexibility index (Phi) is 7.53. The van der Waals surface area contributed by atoms with Gasteiger partial charge >= 0.3 is 0 Å². The first-order valence-corrected chi connectivity index (χ1v) is 8.96. The van der Waals surface area contributed by atoms with Crippen molar-refractivity contribution >= 4 is 5.91 Å². The number of ether oxygens (including phenoxy) is 2. The van der Waals surface area contributed by atoms with Crippen LogP contribution in [0.1, 0.15) is 38.2 Å². The molecular weight excluding hydrogens is 304 g/mol. The Morgan fingerprint density at radius 3 is 2.58 bits per heavy atom. The van der Waals surface area contributed by atoms with Crippen molar-refractivity contribution in [2.24, 2.45) is 0 Å². The lowest BCUT2D eigenvalue weighted by Gasteiger charge is -2.34. The molecule has 24 heavy (non-hydrogen) atoms. The van der Waals surface area contributed by atoms with E-state index in [4.69, 9.17) is 9.47 Å². The van der Waals surface area contributed by atoms with Crippen molar-refractivity contribution in [2.45, 2.75) is 44.6 Å². The lowest BCUT2D eigenvalue weighted by Crippen LogP contribution is -2.54. The fourth-order valence-electron chi connectivity index (χ4n) is 2.92. The first-order valence-electron chi connectivity index (χ1n) is 8.96. The van der Waals surface area contributed by atoms with Gasteiger partial charge in [-0.2, -0.15) is 0 Å². The maximum atomic E-state index is 12.5. The molecule has 0 bridgehead atoms. The minimum atomic E-state index is -0.664. The number of methoxy groups -OCH3 is 1. The number of carbonyl (C=O) groups is 1. The lowest BCUT2D eigenvalue weighted by molar-refractivity contribution is -0.146. The van der Waals surface area contributed by atoms with Crippen molar-refractivity contribution in [1.29, 1.82) is 0 Å². The van der Waals surface area contributed by atoms with E-state index >= 15 is 0 Å². The van der Waals surface area contributed by atoms with Crippen LogP contribution in [-0.2, 0) is 16.0 Å². The molecule has 1 aliphatic rings. The smallest absolute Gasteiger partial charge is 0.252 e. The van der Waals surface area contributed by atoms with Crippen molar-refractivity contribution in [3.63, 3.8) is 0 Å². The molecule has 0 radical (unpaired) electrons. The van der Waals surface area contributed by atoms with Crippen LogP contribution in [0.15, 0.2) is 24.3 Å². The molecule has 0 aliphatic carbocycles. The number of nitrogens with one attached hydrogen (secondary N) is 2. The van der Waals surface area contributed by atoms with Crippen LogP contribution in [0.2, 0.25) is 0 Å². The third-order valence-corrected chi connectivity index (χ3v) is 4.60. The quantitative estimate of drug-likeness (QED) is 0.680. The van der Waals surface area contributed by atoms with E-state index in [1.54, 1.807) is 7.11 Å². The molecule has 1 amide bonds. The Labute approximate surface area is 145 Å². The summed E-state index contributed by atoms with van der Waals surface area (Å²) in [4.78, 5) is 12.5. The number of unbranched alkanes of at least 4 members (excludes halogenated alkanes) is 1. The second kappa shape index (κ2) is 9.64. The molecule has 1 fully saturated rings. The van der Waals surface area contributed by atoms with Gasteiger partial charge < -0.3 is 20.1 Å². The van der Waals surface area contributed by atoms with Gasteiger partial charge in [0.05, 0.1) is 6.61 Å². The predicted molar refractivity (Wildman–Crippen MR) is 95.4 cm³/mol. The van der Waals surface area contributed by atoms with Gasteiger partial charge in [0.25, 0.3) is 5.91 Å². The van der Waals surface area contributed by atoms with Crippen molar-refractivity contribution in [3.8, 4) is 5.75 Å². The van der Waals surface area contributed by atoms with E-state index in [1.165, 1.54) is 5.56 Å². The third kappa shape index (κ3) is 5.21. The van der Waals surface area contributed by atoms with Crippen LogP contribution in [0.25, 0.3) is 0 Å². The van der Waals surface area contributed by atoms with Crippen molar-refractivity contribution < 1.29 is 14.3 Å². The van der Waals surface area contributed by atoms with Gasteiger partial charge in [0.2, 0.25) is 0 Å². The minimum Gasteiger partial charge on any atom is -0.494 e. The summed E-state index contributed by atoms with van der Waals surface area (Å²) in [5, 5.41) is 6.29. The maximum absolute atomic E-state index is 12.5. The predicted octanol–water partition coefficient (Wildman–Crippen LogP) is 2.29. The molecule has 2 rings (SSSR count). The highest BCUT2D eigenvalue weighted by Gasteiger charge is 2.39. The van der Waals surface area contributed by atoms with Crippen molar-refractivity contribution in [1.82, 2.24) is 10.6 Å². The Morgan fingerprint density at radius 1 is 1.25 bits per heavy atom. The molecule has 0 atom stereocenters. The number of piperidine rings is 1. The molecule has 0 aromatic heterocycles. The molecule has 1 saturated heterocycles. The number of hydrogen-bond acceptors (Lipinski definition) is 4. The van der Waals surface area contributed by atoms with Gasteiger partial charge in [-0.3, -0.25) is 4.79 Å². The molecule has 1 heterocycles. The van der Waals surface area contributed by atoms with Crippen molar-refractivity contribution in [2.75, 3.05) is 33.4 Å². The van der Waals surface area contributed by atoms with Crippen LogP contribution in [0, 0.1) is 0 Å².